The molecule has 2 amide bonds. The van der Waals surface area contributed by atoms with E-state index in [2.05, 4.69) is 26.0 Å². The van der Waals surface area contributed by atoms with Crippen molar-refractivity contribution >= 4 is 27.7 Å². The summed E-state index contributed by atoms with van der Waals surface area (Å²) < 4.78 is 36.2. The molecule has 31 heavy (non-hydrogen) atoms. The molecule has 1 aliphatic rings. The molecular weight excluding hydrogens is 474 g/mol. The summed E-state index contributed by atoms with van der Waals surface area (Å²) in [5, 5.41) is 2.84. The summed E-state index contributed by atoms with van der Waals surface area (Å²) in [5.74, 6) is -0.424. The number of hydrogen-bond acceptors (Lipinski definition) is 4. The number of halogens is 3. The van der Waals surface area contributed by atoms with Crippen LogP contribution in [0.2, 0.25) is 0 Å². The Hall–Kier alpha value is -2.68. The third kappa shape index (κ3) is 6.65. The molecular formula is C22H23BrF2N2O4. The van der Waals surface area contributed by atoms with Crippen molar-refractivity contribution in [2.75, 3.05) is 26.2 Å². The molecule has 1 saturated heterocycles. The zero-order valence-electron chi connectivity index (χ0n) is 16.7. The van der Waals surface area contributed by atoms with Crippen molar-refractivity contribution in [2.45, 2.75) is 19.5 Å². The van der Waals surface area contributed by atoms with Gasteiger partial charge in [0.05, 0.1) is 18.0 Å². The molecule has 166 valence electrons. The smallest absolute Gasteiger partial charge is 0.387 e. The molecule has 1 fully saturated rings. The van der Waals surface area contributed by atoms with Crippen LogP contribution in [0.3, 0.4) is 0 Å². The standard InChI is InChI=1S/C22H23BrF2N2O4/c23-16-6-3-7-17(13-16)30-12-10-26-20(28)15-5-4-11-27(14-15)21(29)18-8-1-2-9-19(18)31-22(24)25/h1-3,6-9,13,15,22H,4-5,10-12,14H2,(H,26,28). The van der Waals surface area contributed by atoms with Crippen molar-refractivity contribution < 1.29 is 27.8 Å². The average Bonchev–Trinajstić information content (AvgIpc) is 2.76. The van der Waals surface area contributed by atoms with Crippen LogP contribution in [0.15, 0.2) is 53.0 Å². The Morgan fingerprint density at radius 2 is 2.00 bits per heavy atom. The molecule has 0 radical (unpaired) electrons. The van der Waals surface area contributed by atoms with E-state index >= 15 is 0 Å². The lowest BCUT2D eigenvalue weighted by molar-refractivity contribution is -0.126. The molecule has 3 rings (SSSR count). The van der Waals surface area contributed by atoms with Gasteiger partial charge < -0.3 is 19.7 Å². The van der Waals surface area contributed by atoms with Gasteiger partial charge in [-0.3, -0.25) is 9.59 Å². The van der Waals surface area contributed by atoms with Crippen molar-refractivity contribution in [3.8, 4) is 11.5 Å². The van der Waals surface area contributed by atoms with E-state index < -0.39 is 12.5 Å². The van der Waals surface area contributed by atoms with Gasteiger partial charge in [-0.2, -0.15) is 8.78 Å². The lowest BCUT2D eigenvalue weighted by Crippen LogP contribution is -2.46. The Labute approximate surface area is 187 Å². The Morgan fingerprint density at radius 3 is 2.77 bits per heavy atom. The number of benzene rings is 2. The Kier molecular flexibility index (Phi) is 8.22. The van der Waals surface area contributed by atoms with E-state index in [1.54, 1.807) is 6.07 Å². The van der Waals surface area contributed by atoms with Gasteiger partial charge in [-0.1, -0.05) is 34.1 Å². The summed E-state index contributed by atoms with van der Waals surface area (Å²) in [6.45, 7) is -1.69. The first-order chi connectivity index (χ1) is 14.9. The summed E-state index contributed by atoms with van der Waals surface area (Å²) in [6, 6.07) is 13.3. The number of hydrogen-bond donors (Lipinski definition) is 1. The molecule has 1 heterocycles. The van der Waals surface area contributed by atoms with E-state index in [1.807, 2.05) is 24.3 Å². The van der Waals surface area contributed by atoms with Gasteiger partial charge in [0, 0.05) is 17.6 Å². The summed E-state index contributed by atoms with van der Waals surface area (Å²) in [4.78, 5) is 26.9. The van der Waals surface area contributed by atoms with Crippen LogP contribution in [-0.4, -0.2) is 49.6 Å². The van der Waals surface area contributed by atoms with Crippen LogP contribution in [0.25, 0.3) is 0 Å². The van der Waals surface area contributed by atoms with Crippen LogP contribution < -0.4 is 14.8 Å². The van der Waals surface area contributed by atoms with Crippen LogP contribution in [0.1, 0.15) is 23.2 Å². The molecule has 2 aromatic carbocycles. The lowest BCUT2D eigenvalue weighted by Gasteiger charge is -2.32. The van der Waals surface area contributed by atoms with Crippen molar-refractivity contribution in [2.24, 2.45) is 5.92 Å². The number of nitrogens with one attached hydrogen (secondary N) is 1. The first-order valence-corrected chi connectivity index (χ1v) is 10.7. The second kappa shape index (κ2) is 11.1. The number of nitrogens with zero attached hydrogens (tertiary/aromatic N) is 1. The van der Waals surface area contributed by atoms with Crippen molar-refractivity contribution in [1.29, 1.82) is 0 Å². The third-order valence-corrected chi connectivity index (χ3v) is 5.37. The van der Waals surface area contributed by atoms with Crippen LogP contribution >= 0.6 is 15.9 Å². The predicted octanol–water partition coefficient (Wildman–Crippen LogP) is 4.10. The summed E-state index contributed by atoms with van der Waals surface area (Å²) >= 11 is 3.37. The molecule has 6 nitrogen and oxygen atoms in total. The summed E-state index contributed by atoms with van der Waals surface area (Å²) in [5.41, 5.74) is 0.0614. The number of amides is 2. The molecule has 1 atom stereocenters. The minimum atomic E-state index is -3.02. The van der Waals surface area contributed by atoms with Crippen molar-refractivity contribution in [3.63, 3.8) is 0 Å². The lowest BCUT2D eigenvalue weighted by atomic mass is 9.96. The summed E-state index contributed by atoms with van der Waals surface area (Å²) in [6.07, 6.45) is 1.30. The number of ether oxygens (including phenoxy) is 2. The van der Waals surface area contributed by atoms with Gasteiger partial charge in [0.1, 0.15) is 18.1 Å². The van der Waals surface area contributed by atoms with E-state index in [0.29, 0.717) is 38.3 Å². The van der Waals surface area contributed by atoms with E-state index in [9.17, 15) is 18.4 Å². The maximum atomic E-state index is 12.9. The fourth-order valence-corrected chi connectivity index (χ4v) is 3.81. The number of alkyl halides is 2. The van der Waals surface area contributed by atoms with E-state index in [4.69, 9.17) is 4.74 Å². The fraction of sp³-hybridized carbons (Fsp3) is 0.364. The molecule has 1 N–H and O–H groups in total. The quantitative estimate of drug-likeness (QED) is 0.558. The van der Waals surface area contributed by atoms with E-state index in [1.165, 1.54) is 23.1 Å². The highest BCUT2D eigenvalue weighted by Crippen LogP contribution is 2.25. The highest BCUT2D eigenvalue weighted by molar-refractivity contribution is 9.10. The molecule has 0 spiro atoms. The zero-order chi connectivity index (χ0) is 22.2. The maximum Gasteiger partial charge on any atom is 0.387 e. The van der Waals surface area contributed by atoms with Gasteiger partial charge >= 0.3 is 6.61 Å². The molecule has 9 heteroatoms. The number of carbonyl (C=O) groups is 2. The van der Waals surface area contributed by atoms with Crippen LogP contribution in [-0.2, 0) is 4.79 Å². The van der Waals surface area contributed by atoms with Crippen molar-refractivity contribution in [3.05, 3.63) is 58.6 Å². The average molecular weight is 497 g/mol. The Balaban J connectivity index is 1.51. The molecule has 1 unspecified atom stereocenters. The second-order valence-corrected chi connectivity index (χ2v) is 7.98. The Morgan fingerprint density at radius 1 is 1.19 bits per heavy atom. The molecule has 0 aliphatic carbocycles. The van der Waals surface area contributed by atoms with E-state index in [0.717, 1.165) is 4.47 Å². The maximum absolute atomic E-state index is 12.9. The Bertz CT molecular complexity index is 913. The van der Waals surface area contributed by atoms with Gasteiger partial charge in [-0.05, 0) is 43.2 Å². The first kappa shape index (κ1) is 23.0. The van der Waals surface area contributed by atoms with Crippen molar-refractivity contribution in [1.82, 2.24) is 10.2 Å². The molecule has 0 saturated carbocycles. The number of likely N-dealkylation sites (tertiary alicyclic amines) is 1. The minimum Gasteiger partial charge on any atom is -0.492 e. The third-order valence-electron chi connectivity index (χ3n) is 4.88. The van der Waals surface area contributed by atoms with Crippen LogP contribution in [0.5, 0.6) is 11.5 Å². The topological polar surface area (TPSA) is 67.9 Å². The molecule has 2 aromatic rings. The number of carbonyl (C=O) groups excluding carboxylic acids is 2. The summed E-state index contributed by atoms with van der Waals surface area (Å²) in [7, 11) is 0. The molecule has 1 aliphatic heterocycles. The van der Waals surface area contributed by atoms with Gasteiger partial charge in [-0.15, -0.1) is 0 Å². The van der Waals surface area contributed by atoms with Gasteiger partial charge in [0.2, 0.25) is 5.91 Å². The largest absolute Gasteiger partial charge is 0.492 e. The monoisotopic (exact) mass is 496 g/mol. The second-order valence-electron chi connectivity index (χ2n) is 7.06. The van der Waals surface area contributed by atoms with Gasteiger partial charge in [-0.25, -0.2) is 0 Å². The normalized spacial score (nSPS) is 16.1. The van der Waals surface area contributed by atoms with Crippen LogP contribution in [0, 0.1) is 5.92 Å². The molecule has 0 bridgehead atoms. The van der Waals surface area contributed by atoms with Gasteiger partial charge in [0.15, 0.2) is 0 Å². The highest BCUT2D eigenvalue weighted by atomic mass is 79.9. The van der Waals surface area contributed by atoms with Crippen LogP contribution in [0.4, 0.5) is 8.78 Å². The minimum absolute atomic E-state index is 0.0614. The number of rotatable bonds is 8. The molecule has 0 aromatic heterocycles. The van der Waals surface area contributed by atoms with Gasteiger partial charge in [0.25, 0.3) is 5.91 Å². The number of piperidine rings is 1. The number of para-hydroxylation sites is 1. The van der Waals surface area contributed by atoms with E-state index in [-0.39, 0.29) is 29.7 Å². The highest BCUT2D eigenvalue weighted by Gasteiger charge is 2.30. The first-order valence-electron chi connectivity index (χ1n) is 9.93. The predicted molar refractivity (Wildman–Crippen MR) is 114 cm³/mol. The fourth-order valence-electron chi connectivity index (χ4n) is 3.43. The zero-order valence-corrected chi connectivity index (χ0v) is 18.3. The SMILES string of the molecule is O=C(NCCOc1cccc(Br)c1)C1CCCN(C(=O)c2ccccc2OC(F)F)C1.